The molecule has 0 saturated heterocycles. The van der Waals surface area contributed by atoms with E-state index in [9.17, 15) is 10.5 Å². The van der Waals surface area contributed by atoms with Crippen LogP contribution in [0.5, 0.6) is 11.5 Å². The summed E-state index contributed by atoms with van der Waals surface area (Å²) in [5.41, 5.74) is 2.21. The van der Waals surface area contributed by atoms with E-state index in [2.05, 4.69) is 68.8 Å². The molecule has 1 heterocycles. The number of likely N-dealkylation sites (N-methyl/N-ethyl adjacent to an activating group) is 2. The van der Waals surface area contributed by atoms with E-state index in [4.69, 9.17) is 23.7 Å². The summed E-state index contributed by atoms with van der Waals surface area (Å²) < 4.78 is 31.8. The molecule has 13 heteroatoms. The van der Waals surface area contributed by atoms with Crippen LogP contribution in [0.4, 0.5) is 16.4 Å². The number of hydrogen-bond acceptors (Lipinski definition) is 11. The van der Waals surface area contributed by atoms with E-state index in [0.717, 1.165) is 85.0 Å². The van der Waals surface area contributed by atoms with E-state index in [1.165, 1.54) is 0 Å². The maximum absolute atomic E-state index is 9.63. The fourth-order valence-electron chi connectivity index (χ4n) is 6.03. The fourth-order valence-corrected chi connectivity index (χ4v) is 6.91. The molecule has 0 atom stereocenters. The highest BCUT2D eigenvalue weighted by Crippen LogP contribution is 2.42. The number of benzene rings is 1. The maximum Gasteiger partial charge on any atom is 0.158 e. The molecule has 0 N–H and O–H groups in total. The second-order valence-corrected chi connectivity index (χ2v) is 13.2. The van der Waals surface area contributed by atoms with Crippen molar-refractivity contribution in [2.75, 3.05) is 124 Å². The fraction of sp³-hybridized carbons (Fsp3) is 0.676. The number of ether oxygens (including phenoxy) is 5. The van der Waals surface area contributed by atoms with Gasteiger partial charge >= 0.3 is 0 Å². The number of anilines is 1. The zero-order valence-electron chi connectivity index (χ0n) is 32.0. The van der Waals surface area contributed by atoms with Crippen LogP contribution in [0.15, 0.2) is 22.4 Å². The van der Waals surface area contributed by atoms with E-state index in [1.807, 2.05) is 6.07 Å². The van der Waals surface area contributed by atoms with Crippen LogP contribution in [0.2, 0.25) is 0 Å². The predicted octanol–water partition coefficient (Wildman–Crippen LogP) is 6.84. The molecule has 0 saturated carbocycles. The van der Waals surface area contributed by atoms with Gasteiger partial charge in [0, 0.05) is 25.2 Å². The summed E-state index contributed by atoms with van der Waals surface area (Å²) >= 11 is 1.14. The summed E-state index contributed by atoms with van der Waals surface area (Å²) in [6.45, 7) is 28.5. The Bertz CT molecular complexity index is 1390. The summed E-state index contributed by atoms with van der Waals surface area (Å²) in [7, 11) is 3.19. The molecule has 50 heavy (non-hydrogen) atoms. The number of methoxy groups -OCH3 is 2. The van der Waals surface area contributed by atoms with Gasteiger partial charge in [0.1, 0.15) is 47.3 Å². The van der Waals surface area contributed by atoms with E-state index in [-0.39, 0.29) is 0 Å². The predicted molar refractivity (Wildman–Crippen MR) is 200 cm³/mol. The number of nitrogens with zero attached hydrogens (tertiary/aromatic N) is 7. The molecule has 1 aromatic heterocycles. The average Bonchev–Trinajstić information content (AvgIpc) is 3.47. The first kappa shape index (κ1) is 42.9. The van der Waals surface area contributed by atoms with Crippen molar-refractivity contribution in [1.82, 2.24) is 0 Å². The molecule has 1 aromatic carbocycles. The maximum atomic E-state index is 9.63. The molecule has 0 amide bonds. The summed E-state index contributed by atoms with van der Waals surface area (Å²) in [6, 6.07) is 7.92. The van der Waals surface area contributed by atoms with Crippen LogP contribution in [-0.2, 0) is 14.2 Å². The van der Waals surface area contributed by atoms with Crippen LogP contribution in [-0.4, -0.2) is 128 Å². The Labute approximate surface area is 304 Å². The van der Waals surface area contributed by atoms with Gasteiger partial charge in [0.2, 0.25) is 0 Å². The molecule has 278 valence electrons. The highest BCUT2D eigenvalue weighted by molar-refractivity contribution is 7.16. The van der Waals surface area contributed by atoms with Crippen molar-refractivity contribution in [1.29, 1.82) is 10.5 Å². The Morgan fingerprint density at radius 2 is 1.18 bits per heavy atom. The van der Waals surface area contributed by atoms with Gasteiger partial charge in [-0.25, -0.2) is 0 Å². The molecule has 0 aliphatic carbocycles. The number of thiophene rings is 1. The van der Waals surface area contributed by atoms with Gasteiger partial charge in [-0.3, -0.25) is 0 Å². The van der Waals surface area contributed by atoms with Gasteiger partial charge < -0.3 is 37.6 Å². The average molecular weight is 716 g/mol. The Morgan fingerprint density at radius 3 is 1.64 bits per heavy atom. The summed E-state index contributed by atoms with van der Waals surface area (Å²) in [6.07, 6.45) is 0. The minimum Gasteiger partial charge on any atom is -0.494 e. The zero-order valence-corrected chi connectivity index (χ0v) is 32.9. The molecule has 0 bridgehead atoms. The lowest BCUT2D eigenvalue weighted by atomic mass is 10.2. The largest absolute Gasteiger partial charge is 0.494 e. The third-order valence-corrected chi connectivity index (χ3v) is 11.3. The van der Waals surface area contributed by atoms with Crippen molar-refractivity contribution in [2.24, 2.45) is 10.2 Å². The highest BCUT2D eigenvalue weighted by Gasteiger charge is 2.22. The van der Waals surface area contributed by atoms with Crippen LogP contribution in [0.3, 0.4) is 0 Å². The molecule has 12 nitrogen and oxygen atoms in total. The van der Waals surface area contributed by atoms with Gasteiger partial charge in [0.25, 0.3) is 0 Å². The second kappa shape index (κ2) is 22.5. The molecule has 0 spiro atoms. The minimum absolute atomic E-state index is 0.345. The number of rotatable bonds is 26. The smallest absolute Gasteiger partial charge is 0.158 e. The quantitative estimate of drug-likeness (QED) is 0.0590. The van der Waals surface area contributed by atoms with Crippen LogP contribution in [0.1, 0.15) is 57.5 Å². The third-order valence-electron chi connectivity index (χ3n) is 10.2. The number of nitriles is 2. The Kier molecular flexibility index (Phi) is 19.3. The van der Waals surface area contributed by atoms with E-state index in [0.29, 0.717) is 84.3 Å². The number of quaternary nitrogens is 2. The van der Waals surface area contributed by atoms with E-state index in [1.54, 1.807) is 27.2 Å². The van der Waals surface area contributed by atoms with Crippen molar-refractivity contribution in [3.8, 4) is 23.6 Å². The molecule has 2 aromatic rings. The molecule has 0 aliphatic rings. The topological polar surface area (TPSA) is 122 Å². The van der Waals surface area contributed by atoms with Crippen LogP contribution >= 0.6 is 11.3 Å². The van der Waals surface area contributed by atoms with Crippen molar-refractivity contribution in [3.63, 3.8) is 0 Å². The van der Waals surface area contributed by atoms with Crippen LogP contribution in [0, 0.1) is 29.6 Å². The normalized spacial score (nSPS) is 11.9. The van der Waals surface area contributed by atoms with E-state index >= 15 is 0 Å². The van der Waals surface area contributed by atoms with Gasteiger partial charge in [-0.15, -0.1) is 21.6 Å². The molecule has 0 fully saturated rings. The summed E-state index contributed by atoms with van der Waals surface area (Å²) in [5.74, 6) is 1.08. The molecule has 2 rings (SSSR count). The molecule has 0 unspecified atom stereocenters. The number of hydrogen-bond donors (Lipinski definition) is 0. The van der Waals surface area contributed by atoms with Crippen LogP contribution in [0.25, 0.3) is 0 Å². The van der Waals surface area contributed by atoms with Gasteiger partial charge in [-0.05, 0) is 54.0 Å². The first-order valence-electron chi connectivity index (χ1n) is 18.0. The van der Waals surface area contributed by atoms with Gasteiger partial charge in [-0.2, -0.15) is 10.5 Å². The molecular formula is C37H61N7O5S+2. The van der Waals surface area contributed by atoms with Gasteiger partial charge in [0.15, 0.2) is 5.00 Å². The molecule has 0 radical (unpaired) electrons. The molecule has 0 aliphatic heterocycles. The van der Waals surface area contributed by atoms with Gasteiger partial charge in [-0.1, -0.05) is 0 Å². The van der Waals surface area contributed by atoms with Gasteiger partial charge in [0.05, 0.1) is 104 Å². The Morgan fingerprint density at radius 1 is 0.680 bits per heavy atom. The lowest BCUT2D eigenvalue weighted by Crippen LogP contribution is -2.49. The SMILES string of the molecule is CC[N+](CC)(CC)CCOCCOCCN(CCOCC[N+](CC)(CC)CC)c1cc(OC)c(/N=N/c2sc(C#N)c(C)c2C#N)cc1OC. The monoisotopic (exact) mass is 715 g/mol. The first-order valence-corrected chi connectivity index (χ1v) is 18.8. The van der Waals surface area contributed by atoms with Crippen LogP contribution < -0.4 is 14.4 Å². The standard InChI is InChI=1S/C37H61N7O5S/c1-10-43(11-2,12-3)18-22-47-20-16-42(17-21-48-24-25-49-23-19-44(13-4,14-5)15-6)33-27-34(45-8)32(26-35(33)46-9)40-41-37-31(28-38)30(7)36(29-39)50-37/h26-27H,10-25H2,1-9H3/q+2/b41-40+. The highest BCUT2D eigenvalue weighted by atomic mass is 32.1. The van der Waals surface area contributed by atoms with Crippen molar-refractivity contribution < 1.29 is 32.7 Å². The van der Waals surface area contributed by atoms with Crippen molar-refractivity contribution in [3.05, 3.63) is 28.1 Å². The summed E-state index contributed by atoms with van der Waals surface area (Å²) in [4.78, 5) is 2.62. The first-order chi connectivity index (χ1) is 24.2. The summed E-state index contributed by atoms with van der Waals surface area (Å²) in [5, 5.41) is 28.2. The number of azo groups is 1. The minimum atomic E-state index is 0.345. The third kappa shape index (κ3) is 11.9. The van der Waals surface area contributed by atoms with Crippen molar-refractivity contribution >= 4 is 27.7 Å². The molecular weight excluding hydrogens is 655 g/mol. The Hall–Kier alpha value is -3.30. The Balaban J connectivity index is 2.20. The zero-order chi connectivity index (χ0) is 37.0. The second-order valence-electron chi connectivity index (χ2n) is 12.2. The van der Waals surface area contributed by atoms with Crippen molar-refractivity contribution in [2.45, 2.75) is 48.5 Å². The lowest BCUT2D eigenvalue weighted by Gasteiger charge is -2.35. The van der Waals surface area contributed by atoms with E-state index < -0.39 is 0 Å². The lowest BCUT2D eigenvalue weighted by molar-refractivity contribution is -0.923.